The Morgan fingerprint density at radius 2 is 1.87 bits per heavy atom. The van der Waals surface area contributed by atoms with Gasteiger partial charge in [0.15, 0.2) is 0 Å². The van der Waals surface area contributed by atoms with Gasteiger partial charge >= 0.3 is 0 Å². The molecule has 1 N–H and O–H groups in total. The fourth-order valence-corrected chi connectivity index (χ4v) is 1.55. The molecular weight excluding hydrogens is 212 g/mol. The summed E-state index contributed by atoms with van der Waals surface area (Å²) >= 11 is 4.09. The SMILES string of the molecule is Cc1c(C)c(=O)n(CCCCS)[nH]c1=O. The highest BCUT2D eigenvalue weighted by Crippen LogP contribution is 1.95. The zero-order valence-electron chi connectivity index (χ0n) is 9.04. The van der Waals surface area contributed by atoms with E-state index in [0.717, 1.165) is 18.6 Å². The predicted molar refractivity (Wildman–Crippen MR) is 63.9 cm³/mol. The normalized spacial score (nSPS) is 10.6. The maximum atomic E-state index is 11.7. The lowest BCUT2D eigenvalue weighted by molar-refractivity contribution is 0.533. The van der Waals surface area contributed by atoms with Gasteiger partial charge in [-0.1, -0.05) is 0 Å². The molecule has 4 nitrogen and oxygen atoms in total. The number of thiol groups is 1. The molecule has 5 heteroatoms. The Labute approximate surface area is 93.7 Å². The van der Waals surface area contributed by atoms with Crippen molar-refractivity contribution in [3.05, 3.63) is 31.8 Å². The first-order valence-corrected chi connectivity index (χ1v) is 5.62. The Morgan fingerprint density at radius 1 is 1.20 bits per heavy atom. The van der Waals surface area contributed by atoms with Crippen molar-refractivity contribution in [1.82, 2.24) is 9.78 Å². The van der Waals surface area contributed by atoms with Gasteiger partial charge in [-0.05, 0) is 32.4 Å². The minimum absolute atomic E-state index is 0.105. The van der Waals surface area contributed by atoms with E-state index in [1.807, 2.05) is 0 Å². The Kier molecular flexibility index (Phi) is 4.20. The van der Waals surface area contributed by atoms with Gasteiger partial charge in [0.1, 0.15) is 0 Å². The molecule has 0 saturated carbocycles. The minimum atomic E-state index is -0.182. The average Bonchev–Trinajstić information content (AvgIpc) is 2.23. The van der Waals surface area contributed by atoms with Gasteiger partial charge in [0.25, 0.3) is 11.1 Å². The summed E-state index contributed by atoms with van der Waals surface area (Å²) < 4.78 is 1.38. The number of nitrogens with zero attached hydrogens (tertiary/aromatic N) is 1. The minimum Gasteiger partial charge on any atom is -0.268 e. The quantitative estimate of drug-likeness (QED) is 0.593. The lowest BCUT2D eigenvalue weighted by Crippen LogP contribution is -2.33. The smallest absolute Gasteiger partial charge is 0.268 e. The number of hydrogen-bond donors (Lipinski definition) is 2. The molecule has 0 unspecified atom stereocenters. The second-order valence-corrected chi connectivity index (χ2v) is 4.03. The van der Waals surface area contributed by atoms with Gasteiger partial charge in [-0.15, -0.1) is 0 Å². The van der Waals surface area contributed by atoms with Crippen LogP contribution in [0.15, 0.2) is 9.59 Å². The van der Waals surface area contributed by atoms with Gasteiger partial charge in [0.2, 0.25) is 0 Å². The molecule has 15 heavy (non-hydrogen) atoms. The number of hydrogen-bond acceptors (Lipinski definition) is 3. The summed E-state index contributed by atoms with van der Waals surface area (Å²) in [5, 5.41) is 2.57. The standard InChI is InChI=1S/C10H16N2O2S/c1-7-8(2)10(14)12(11-9(7)13)5-3-4-6-15/h15H,3-6H2,1-2H3,(H,11,13). The van der Waals surface area contributed by atoms with E-state index in [4.69, 9.17) is 0 Å². The van der Waals surface area contributed by atoms with Gasteiger partial charge in [-0.2, -0.15) is 12.6 Å². The van der Waals surface area contributed by atoms with E-state index in [1.165, 1.54) is 4.68 Å². The highest BCUT2D eigenvalue weighted by Gasteiger charge is 2.06. The van der Waals surface area contributed by atoms with Crippen molar-refractivity contribution in [3.8, 4) is 0 Å². The first kappa shape index (κ1) is 12.1. The van der Waals surface area contributed by atoms with Crippen molar-refractivity contribution >= 4 is 12.6 Å². The van der Waals surface area contributed by atoms with Crippen LogP contribution < -0.4 is 11.1 Å². The van der Waals surface area contributed by atoms with Gasteiger partial charge in [0.05, 0.1) is 0 Å². The highest BCUT2D eigenvalue weighted by atomic mass is 32.1. The molecule has 0 spiro atoms. The second-order valence-electron chi connectivity index (χ2n) is 3.58. The summed E-state index contributed by atoms with van der Waals surface area (Å²) in [5.74, 6) is 0.795. The highest BCUT2D eigenvalue weighted by molar-refractivity contribution is 7.80. The van der Waals surface area contributed by atoms with Gasteiger partial charge < -0.3 is 0 Å². The van der Waals surface area contributed by atoms with E-state index in [2.05, 4.69) is 17.7 Å². The van der Waals surface area contributed by atoms with Crippen LogP contribution in [-0.4, -0.2) is 15.5 Å². The molecule has 1 aromatic rings. The maximum absolute atomic E-state index is 11.7. The zero-order valence-corrected chi connectivity index (χ0v) is 9.93. The molecule has 0 fully saturated rings. The van der Waals surface area contributed by atoms with Crippen molar-refractivity contribution in [1.29, 1.82) is 0 Å². The summed E-state index contributed by atoms with van der Waals surface area (Å²) in [6.45, 7) is 3.89. The molecule has 0 aliphatic heterocycles. The van der Waals surface area contributed by atoms with Crippen LogP contribution in [0.5, 0.6) is 0 Å². The Morgan fingerprint density at radius 3 is 2.47 bits per heavy atom. The van der Waals surface area contributed by atoms with Crippen LogP contribution in [0, 0.1) is 13.8 Å². The molecule has 0 aromatic carbocycles. The first-order chi connectivity index (χ1) is 7.07. The molecule has 84 valence electrons. The van der Waals surface area contributed by atoms with Crippen LogP contribution in [0.3, 0.4) is 0 Å². The predicted octanol–water partition coefficient (Wildman–Crippen LogP) is 0.863. The third-order valence-electron chi connectivity index (χ3n) is 2.50. The number of rotatable bonds is 4. The number of aromatic amines is 1. The van der Waals surface area contributed by atoms with E-state index in [-0.39, 0.29) is 11.1 Å². The molecule has 0 bridgehead atoms. The van der Waals surface area contributed by atoms with Crippen molar-refractivity contribution < 1.29 is 0 Å². The monoisotopic (exact) mass is 228 g/mol. The molecule has 0 aliphatic carbocycles. The van der Waals surface area contributed by atoms with Crippen molar-refractivity contribution in [3.63, 3.8) is 0 Å². The fraction of sp³-hybridized carbons (Fsp3) is 0.600. The van der Waals surface area contributed by atoms with Crippen LogP contribution in [-0.2, 0) is 6.54 Å². The van der Waals surface area contributed by atoms with Crippen LogP contribution in [0.2, 0.25) is 0 Å². The third kappa shape index (κ3) is 2.75. The molecule has 0 saturated heterocycles. The Balaban J connectivity index is 3.00. The molecule has 0 radical (unpaired) electrons. The number of unbranched alkanes of at least 4 members (excludes halogenated alkanes) is 1. The average molecular weight is 228 g/mol. The lowest BCUT2D eigenvalue weighted by Gasteiger charge is -2.07. The maximum Gasteiger partial charge on any atom is 0.268 e. The van der Waals surface area contributed by atoms with Crippen molar-refractivity contribution in [2.45, 2.75) is 33.2 Å². The number of aryl methyl sites for hydroxylation is 1. The number of H-pyrrole nitrogens is 1. The van der Waals surface area contributed by atoms with Gasteiger partial charge in [0, 0.05) is 17.7 Å². The van der Waals surface area contributed by atoms with Gasteiger partial charge in [-0.25, -0.2) is 0 Å². The van der Waals surface area contributed by atoms with Crippen molar-refractivity contribution in [2.24, 2.45) is 0 Å². The molecule has 1 rings (SSSR count). The third-order valence-corrected chi connectivity index (χ3v) is 2.81. The van der Waals surface area contributed by atoms with Gasteiger partial charge in [-0.3, -0.25) is 19.4 Å². The Bertz CT molecular complexity index is 448. The molecule has 0 atom stereocenters. The van der Waals surface area contributed by atoms with Crippen LogP contribution in [0.4, 0.5) is 0 Å². The summed E-state index contributed by atoms with van der Waals surface area (Å²) in [6, 6.07) is 0. The topological polar surface area (TPSA) is 54.9 Å². The van der Waals surface area contributed by atoms with E-state index in [9.17, 15) is 9.59 Å². The van der Waals surface area contributed by atoms with E-state index in [0.29, 0.717) is 17.7 Å². The van der Waals surface area contributed by atoms with Crippen LogP contribution in [0.1, 0.15) is 24.0 Å². The largest absolute Gasteiger partial charge is 0.268 e. The molecule has 0 amide bonds. The molecular formula is C10H16N2O2S. The molecule has 0 aliphatic rings. The number of aromatic nitrogens is 2. The summed E-state index contributed by atoms with van der Waals surface area (Å²) in [5.41, 5.74) is 0.749. The van der Waals surface area contributed by atoms with Crippen LogP contribution >= 0.6 is 12.6 Å². The lowest BCUT2D eigenvalue weighted by atomic mass is 10.2. The zero-order chi connectivity index (χ0) is 11.4. The molecule has 1 aromatic heterocycles. The summed E-state index contributed by atoms with van der Waals surface area (Å²) in [7, 11) is 0. The van der Waals surface area contributed by atoms with Crippen LogP contribution in [0.25, 0.3) is 0 Å². The second kappa shape index (κ2) is 5.21. The fourth-order valence-electron chi connectivity index (χ4n) is 1.33. The number of nitrogens with one attached hydrogen (secondary N) is 1. The summed E-state index contributed by atoms with van der Waals surface area (Å²) in [6.07, 6.45) is 1.78. The summed E-state index contributed by atoms with van der Waals surface area (Å²) in [4.78, 5) is 23.1. The first-order valence-electron chi connectivity index (χ1n) is 4.99. The van der Waals surface area contributed by atoms with Crippen molar-refractivity contribution in [2.75, 3.05) is 5.75 Å². The molecule has 1 heterocycles. The van der Waals surface area contributed by atoms with E-state index < -0.39 is 0 Å². The van der Waals surface area contributed by atoms with E-state index >= 15 is 0 Å². The Hall–Kier alpha value is -0.970. The van der Waals surface area contributed by atoms with E-state index in [1.54, 1.807) is 13.8 Å².